The van der Waals surface area contributed by atoms with Crippen LogP contribution in [0.3, 0.4) is 0 Å². The molecule has 1 aromatic heterocycles. The summed E-state index contributed by atoms with van der Waals surface area (Å²) in [5, 5.41) is 8.32. The van der Waals surface area contributed by atoms with Gasteiger partial charge >= 0.3 is 0 Å². The molecule has 0 saturated heterocycles. The summed E-state index contributed by atoms with van der Waals surface area (Å²) in [6.07, 6.45) is 1.76. The number of rotatable bonds is 5. The van der Waals surface area contributed by atoms with Gasteiger partial charge in [-0.25, -0.2) is 0 Å². The van der Waals surface area contributed by atoms with Gasteiger partial charge in [-0.2, -0.15) is 0 Å². The minimum absolute atomic E-state index is 0.0634. The van der Waals surface area contributed by atoms with E-state index in [4.69, 9.17) is 5.73 Å². The average molecular weight is 244 g/mol. The van der Waals surface area contributed by atoms with Gasteiger partial charge in [0.25, 0.3) is 0 Å². The van der Waals surface area contributed by atoms with Crippen LogP contribution < -0.4 is 5.73 Å². The van der Waals surface area contributed by atoms with E-state index in [-0.39, 0.29) is 6.04 Å². The third kappa shape index (κ3) is 2.76. The average Bonchev–Trinajstić information content (AvgIpc) is 2.77. The van der Waals surface area contributed by atoms with Gasteiger partial charge in [0.15, 0.2) is 0 Å². The SMILES string of the molecule is CCn1c(C)nnc1CCC(N)c1ccccc1. The fourth-order valence-electron chi connectivity index (χ4n) is 2.17. The van der Waals surface area contributed by atoms with Crippen LogP contribution in [0.15, 0.2) is 30.3 Å². The lowest BCUT2D eigenvalue weighted by Gasteiger charge is -2.12. The lowest BCUT2D eigenvalue weighted by molar-refractivity contribution is 0.599. The first kappa shape index (κ1) is 12.8. The van der Waals surface area contributed by atoms with Crippen LogP contribution in [-0.4, -0.2) is 14.8 Å². The van der Waals surface area contributed by atoms with Crippen molar-refractivity contribution in [3.63, 3.8) is 0 Å². The number of nitrogens with two attached hydrogens (primary N) is 1. The van der Waals surface area contributed by atoms with Crippen molar-refractivity contribution in [2.45, 2.75) is 39.3 Å². The van der Waals surface area contributed by atoms with Crippen LogP contribution >= 0.6 is 0 Å². The third-order valence-electron chi connectivity index (χ3n) is 3.24. The van der Waals surface area contributed by atoms with E-state index in [1.807, 2.05) is 25.1 Å². The smallest absolute Gasteiger partial charge is 0.133 e. The predicted molar refractivity (Wildman–Crippen MR) is 72.1 cm³/mol. The van der Waals surface area contributed by atoms with Crippen LogP contribution in [0.25, 0.3) is 0 Å². The van der Waals surface area contributed by atoms with E-state index in [2.05, 4.69) is 33.8 Å². The van der Waals surface area contributed by atoms with Crippen LogP contribution in [0.5, 0.6) is 0 Å². The first-order valence-electron chi connectivity index (χ1n) is 6.41. The quantitative estimate of drug-likeness (QED) is 0.877. The van der Waals surface area contributed by atoms with Gasteiger partial charge in [-0.1, -0.05) is 30.3 Å². The van der Waals surface area contributed by atoms with Gasteiger partial charge in [0, 0.05) is 19.0 Å². The zero-order valence-electron chi connectivity index (χ0n) is 11.0. The Hall–Kier alpha value is -1.68. The third-order valence-corrected chi connectivity index (χ3v) is 3.24. The van der Waals surface area contributed by atoms with Crippen molar-refractivity contribution in [3.05, 3.63) is 47.5 Å². The lowest BCUT2D eigenvalue weighted by Crippen LogP contribution is -2.13. The van der Waals surface area contributed by atoms with E-state index >= 15 is 0 Å². The number of nitrogens with zero attached hydrogens (tertiary/aromatic N) is 3. The van der Waals surface area contributed by atoms with E-state index < -0.39 is 0 Å². The highest BCUT2D eigenvalue weighted by Crippen LogP contribution is 2.16. The minimum Gasteiger partial charge on any atom is -0.324 e. The summed E-state index contributed by atoms with van der Waals surface area (Å²) in [6, 6.07) is 10.3. The van der Waals surface area contributed by atoms with Crippen LogP contribution in [0.4, 0.5) is 0 Å². The highest BCUT2D eigenvalue weighted by molar-refractivity contribution is 5.18. The van der Waals surface area contributed by atoms with Crippen LogP contribution in [-0.2, 0) is 13.0 Å². The summed E-state index contributed by atoms with van der Waals surface area (Å²) in [5.74, 6) is 2.00. The predicted octanol–water partition coefficient (Wildman–Crippen LogP) is 2.24. The van der Waals surface area contributed by atoms with Crippen molar-refractivity contribution in [1.29, 1.82) is 0 Å². The molecule has 1 heterocycles. The van der Waals surface area contributed by atoms with Crippen molar-refractivity contribution in [3.8, 4) is 0 Å². The van der Waals surface area contributed by atoms with E-state index in [0.29, 0.717) is 0 Å². The molecular formula is C14H20N4. The van der Waals surface area contributed by atoms with Gasteiger partial charge in [-0.05, 0) is 25.8 Å². The van der Waals surface area contributed by atoms with Crippen molar-refractivity contribution >= 4 is 0 Å². The molecular weight excluding hydrogens is 224 g/mol. The number of aromatic nitrogens is 3. The van der Waals surface area contributed by atoms with Crippen molar-refractivity contribution < 1.29 is 0 Å². The van der Waals surface area contributed by atoms with Gasteiger partial charge in [-0.15, -0.1) is 10.2 Å². The monoisotopic (exact) mass is 244 g/mol. The number of hydrogen-bond acceptors (Lipinski definition) is 3. The Morgan fingerprint density at radius 2 is 1.94 bits per heavy atom. The van der Waals surface area contributed by atoms with Crippen LogP contribution in [0, 0.1) is 6.92 Å². The van der Waals surface area contributed by atoms with E-state index in [1.165, 1.54) is 5.56 Å². The topological polar surface area (TPSA) is 56.7 Å². The Labute approximate surface area is 108 Å². The summed E-state index contributed by atoms with van der Waals surface area (Å²) in [4.78, 5) is 0. The second-order valence-corrected chi connectivity index (χ2v) is 4.46. The molecule has 2 aromatic rings. The Morgan fingerprint density at radius 3 is 2.61 bits per heavy atom. The zero-order chi connectivity index (χ0) is 13.0. The first-order chi connectivity index (χ1) is 8.72. The molecule has 0 bridgehead atoms. The molecule has 4 nitrogen and oxygen atoms in total. The Bertz CT molecular complexity index is 490. The van der Waals surface area contributed by atoms with Crippen molar-refractivity contribution in [2.24, 2.45) is 5.73 Å². The molecule has 0 aliphatic carbocycles. The van der Waals surface area contributed by atoms with Gasteiger partial charge in [-0.3, -0.25) is 0 Å². The molecule has 1 aromatic carbocycles. The molecule has 2 rings (SSSR count). The minimum atomic E-state index is 0.0634. The Morgan fingerprint density at radius 1 is 1.22 bits per heavy atom. The first-order valence-corrected chi connectivity index (χ1v) is 6.41. The number of benzene rings is 1. The van der Waals surface area contributed by atoms with Gasteiger partial charge < -0.3 is 10.3 Å². The number of hydrogen-bond donors (Lipinski definition) is 1. The highest BCUT2D eigenvalue weighted by Gasteiger charge is 2.10. The molecule has 0 saturated carbocycles. The summed E-state index contributed by atoms with van der Waals surface area (Å²) in [5.41, 5.74) is 7.36. The molecule has 0 fully saturated rings. The molecule has 1 unspecified atom stereocenters. The highest BCUT2D eigenvalue weighted by atomic mass is 15.3. The van der Waals surface area contributed by atoms with E-state index in [1.54, 1.807) is 0 Å². The molecule has 0 aliphatic heterocycles. The largest absolute Gasteiger partial charge is 0.324 e. The molecule has 0 amide bonds. The molecule has 1 atom stereocenters. The lowest BCUT2D eigenvalue weighted by atomic mass is 10.0. The standard InChI is InChI=1S/C14H20N4/c1-3-18-11(2)16-17-14(18)10-9-13(15)12-7-5-4-6-8-12/h4-8,13H,3,9-10,15H2,1-2H3. The molecule has 0 spiro atoms. The molecule has 0 aliphatic rings. The summed E-state index contributed by atoms with van der Waals surface area (Å²) in [7, 11) is 0. The van der Waals surface area contributed by atoms with Crippen molar-refractivity contribution in [1.82, 2.24) is 14.8 Å². The van der Waals surface area contributed by atoms with Crippen LogP contribution in [0.2, 0.25) is 0 Å². The fraction of sp³-hybridized carbons (Fsp3) is 0.429. The fourth-order valence-corrected chi connectivity index (χ4v) is 2.17. The zero-order valence-corrected chi connectivity index (χ0v) is 11.0. The molecule has 4 heteroatoms. The normalized spacial score (nSPS) is 12.6. The molecule has 0 radical (unpaired) electrons. The van der Waals surface area contributed by atoms with Gasteiger partial charge in [0.05, 0.1) is 0 Å². The second-order valence-electron chi connectivity index (χ2n) is 4.46. The van der Waals surface area contributed by atoms with Gasteiger partial charge in [0.2, 0.25) is 0 Å². The summed E-state index contributed by atoms with van der Waals surface area (Å²) < 4.78 is 2.14. The molecule has 96 valence electrons. The van der Waals surface area contributed by atoms with Gasteiger partial charge in [0.1, 0.15) is 11.6 Å². The van der Waals surface area contributed by atoms with Crippen molar-refractivity contribution in [2.75, 3.05) is 0 Å². The molecule has 2 N–H and O–H groups in total. The molecule has 18 heavy (non-hydrogen) atoms. The van der Waals surface area contributed by atoms with E-state index in [9.17, 15) is 0 Å². The summed E-state index contributed by atoms with van der Waals surface area (Å²) in [6.45, 7) is 5.00. The van der Waals surface area contributed by atoms with E-state index in [0.717, 1.165) is 31.0 Å². The maximum atomic E-state index is 6.18. The Balaban J connectivity index is 1.99. The van der Waals surface area contributed by atoms with Crippen LogP contribution in [0.1, 0.15) is 36.6 Å². The maximum Gasteiger partial charge on any atom is 0.133 e. The second kappa shape index (κ2) is 5.78. The Kier molecular flexibility index (Phi) is 4.10. The number of aryl methyl sites for hydroxylation is 2. The maximum absolute atomic E-state index is 6.18. The summed E-state index contributed by atoms with van der Waals surface area (Å²) >= 11 is 0.